The van der Waals surface area contributed by atoms with Gasteiger partial charge in [-0.05, 0) is 43.4 Å². The van der Waals surface area contributed by atoms with E-state index < -0.39 is 0 Å². The Morgan fingerprint density at radius 1 is 1.38 bits per heavy atom. The highest BCUT2D eigenvalue weighted by molar-refractivity contribution is 5.50. The number of rotatable bonds is 3. The second kappa shape index (κ2) is 5.15. The van der Waals surface area contributed by atoms with Crippen LogP contribution in [0, 0.1) is 6.92 Å². The SMILES string of the molecule is Cc1ccc(O)c2c1C(C)CC2NC(C)c1nncn1C. The molecule has 112 valence electrons. The zero-order valence-electron chi connectivity index (χ0n) is 13.0. The minimum absolute atomic E-state index is 0.0839. The second-order valence-corrected chi connectivity index (χ2v) is 6.11. The largest absolute Gasteiger partial charge is 0.508 e. The molecule has 0 aliphatic heterocycles. The fourth-order valence-corrected chi connectivity index (χ4v) is 3.56. The minimum Gasteiger partial charge on any atom is -0.508 e. The van der Waals surface area contributed by atoms with Gasteiger partial charge in [0.25, 0.3) is 0 Å². The molecule has 0 spiro atoms. The number of benzene rings is 1. The molecule has 3 atom stereocenters. The van der Waals surface area contributed by atoms with Crippen molar-refractivity contribution < 1.29 is 5.11 Å². The van der Waals surface area contributed by atoms with Crippen molar-refractivity contribution in [3.05, 3.63) is 41.0 Å². The molecule has 21 heavy (non-hydrogen) atoms. The first-order valence-corrected chi connectivity index (χ1v) is 7.41. The molecule has 1 aliphatic carbocycles. The number of nitrogens with one attached hydrogen (secondary N) is 1. The van der Waals surface area contributed by atoms with E-state index in [4.69, 9.17) is 0 Å². The van der Waals surface area contributed by atoms with Crippen molar-refractivity contribution in [2.45, 2.75) is 45.2 Å². The number of nitrogens with zero attached hydrogens (tertiary/aromatic N) is 3. The Kier molecular flexibility index (Phi) is 3.45. The first kappa shape index (κ1) is 14.1. The normalized spacial score (nSPS) is 22.3. The summed E-state index contributed by atoms with van der Waals surface area (Å²) in [7, 11) is 1.94. The smallest absolute Gasteiger partial charge is 0.149 e. The fourth-order valence-electron chi connectivity index (χ4n) is 3.56. The molecule has 1 heterocycles. The van der Waals surface area contributed by atoms with Crippen LogP contribution in [0.25, 0.3) is 0 Å². The van der Waals surface area contributed by atoms with Gasteiger partial charge in [-0.3, -0.25) is 0 Å². The Morgan fingerprint density at radius 3 is 2.81 bits per heavy atom. The number of phenols is 1. The van der Waals surface area contributed by atoms with Gasteiger partial charge >= 0.3 is 0 Å². The van der Waals surface area contributed by atoms with Crippen molar-refractivity contribution in [1.29, 1.82) is 0 Å². The predicted octanol–water partition coefficient (Wildman–Crippen LogP) is 2.73. The molecule has 5 heteroatoms. The number of aryl methyl sites for hydroxylation is 2. The summed E-state index contributed by atoms with van der Waals surface area (Å²) in [5.41, 5.74) is 3.60. The van der Waals surface area contributed by atoms with Crippen LogP contribution >= 0.6 is 0 Å². The summed E-state index contributed by atoms with van der Waals surface area (Å²) in [5.74, 6) is 1.75. The third-order valence-corrected chi connectivity index (χ3v) is 4.50. The van der Waals surface area contributed by atoms with Crippen LogP contribution in [-0.2, 0) is 7.05 Å². The van der Waals surface area contributed by atoms with E-state index in [9.17, 15) is 5.11 Å². The van der Waals surface area contributed by atoms with Crippen LogP contribution in [0.2, 0.25) is 0 Å². The lowest BCUT2D eigenvalue weighted by Gasteiger charge is -2.20. The second-order valence-electron chi connectivity index (χ2n) is 6.11. The van der Waals surface area contributed by atoms with Crippen LogP contribution in [0.15, 0.2) is 18.5 Å². The Bertz CT molecular complexity index is 664. The lowest BCUT2D eigenvalue weighted by atomic mass is 9.97. The average molecular weight is 286 g/mol. The number of aromatic hydroxyl groups is 1. The Hall–Kier alpha value is -1.88. The maximum absolute atomic E-state index is 10.3. The summed E-state index contributed by atoms with van der Waals surface area (Å²) in [6.45, 7) is 6.42. The van der Waals surface area contributed by atoms with E-state index >= 15 is 0 Å². The van der Waals surface area contributed by atoms with E-state index in [1.54, 1.807) is 12.4 Å². The maximum atomic E-state index is 10.3. The van der Waals surface area contributed by atoms with Gasteiger partial charge in [0.2, 0.25) is 0 Å². The molecule has 1 aromatic carbocycles. The first-order valence-electron chi connectivity index (χ1n) is 7.41. The number of aromatic nitrogens is 3. The van der Waals surface area contributed by atoms with E-state index in [0.717, 1.165) is 17.8 Å². The minimum atomic E-state index is 0.0839. The summed E-state index contributed by atoms with van der Waals surface area (Å²) in [4.78, 5) is 0. The fraction of sp³-hybridized carbons (Fsp3) is 0.500. The highest BCUT2D eigenvalue weighted by Gasteiger charge is 2.33. The van der Waals surface area contributed by atoms with Crippen molar-refractivity contribution in [2.24, 2.45) is 7.05 Å². The summed E-state index contributed by atoms with van der Waals surface area (Å²) < 4.78 is 1.92. The van der Waals surface area contributed by atoms with Gasteiger partial charge < -0.3 is 15.0 Å². The molecule has 5 nitrogen and oxygen atoms in total. The molecule has 2 aromatic rings. The highest BCUT2D eigenvalue weighted by atomic mass is 16.3. The van der Waals surface area contributed by atoms with Crippen molar-refractivity contribution in [3.8, 4) is 5.75 Å². The molecule has 0 radical (unpaired) electrons. The standard InChI is InChI=1S/C16H22N4O/c1-9-5-6-13(21)15-12(7-10(2)14(9)15)18-11(3)16-19-17-8-20(16)4/h5-6,8,10-12,18,21H,7H2,1-4H3. The molecule has 0 bridgehead atoms. The van der Waals surface area contributed by atoms with Gasteiger partial charge in [0.15, 0.2) is 0 Å². The van der Waals surface area contributed by atoms with Crippen molar-refractivity contribution in [2.75, 3.05) is 0 Å². The van der Waals surface area contributed by atoms with E-state index in [0.29, 0.717) is 11.7 Å². The Morgan fingerprint density at radius 2 is 2.14 bits per heavy atom. The van der Waals surface area contributed by atoms with Crippen molar-refractivity contribution >= 4 is 0 Å². The van der Waals surface area contributed by atoms with E-state index in [-0.39, 0.29) is 12.1 Å². The molecular formula is C16H22N4O. The molecule has 0 amide bonds. The van der Waals surface area contributed by atoms with Gasteiger partial charge in [-0.15, -0.1) is 10.2 Å². The third kappa shape index (κ3) is 2.31. The Balaban J connectivity index is 1.90. The van der Waals surface area contributed by atoms with Gasteiger partial charge in [0, 0.05) is 18.7 Å². The molecule has 1 aliphatic rings. The van der Waals surface area contributed by atoms with Gasteiger partial charge in [-0.2, -0.15) is 0 Å². The average Bonchev–Trinajstić information content (AvgIpc) is 2.99. The third-order valence-electron chi connectivity index (χ3n) is 4.50. The van der Waals surface area contributed by atoms with E-state index in [1.807, 2.05) is 17.7 Å². The van der Waals surface area contributed by atoms with Crippen LogP contribution < -0.4 is 5.32 Å². The van der Waals surface area contributed by atoms with Crippen molar-refractivity contribution in [3.63, 3.8) is 0 Å². The summed E-state index contributed by atoms with van der Waals surface area (Å²) >= 11 is 0. The van der Waals surface area contributed by atoms with Crippen molar-refractivity contribution in [1.82, 2.24) is 20.1 Å². The summed E-state index contributed by atoms with van der Waals surface area (Å²) in [6.07, 6.45) is 2.70. The zero-order chi connectivity index (χ0) is 15.1. The Labute approximate surface area is 125 Å². The quantitative estimate of drug-likeness (QED) is 0.910. The van der Waals surface area contributed by atoms with Crippen LogP contribution in [0.1, 0.15) is 60.8 Å². The number of phenolic OH excluding ortho intramolecular Hbond substituents is 1. The molecule has 3 unspecified atom stereocenters. The topological polar surface area (TPSA) is 63.0 Å². The molecule has 0 saturated carbocycles. The highest BCUT2D eigenvalue weighted by Crippen LogP contribution is 2.46. The maximum Gasteiger partial charge on any atom is 0.149 e. The van der Waals surface area contributed by atoms with Crippen LogP contribution in [0.4, 0.5) is 0 Å². The van der Waals surface area contributed by atoms with Crippen LogP contribution in [0.3, 0.4) is 0 Å². The van der Waals surface area contributed by atoms with Gasteiger partial charge in [-0.25, -0.2) is 0 Å². The van der Waals surface area contributed by atoms with E-state index in [2.05, 4.69) is 36.3 Å². The van der Waals surface area contributed by atoms with Gasteiger partial charge in [0.1, 0.15) is 17.9 Å². The summed E-state index contributed by atoms with van der Waals surface area (Å²) in [6, 6.07) is 4.04. The number of hydrogen-bond acceptors (Lipinski definition) is 4. The first-order chi connectivity index (χ1) is 9.99. The van der Waals surface area contributed by atoms with Gasteiger partial charge in [0.05, 0.1) is 6.04 Å². The monoisotopic (exact) mass is 286 g/mol. The molecule has 0 fully saturated rings. The van der Waals surface area contributed by atoms with Crippen LogP contribution in [-0.4, -0.2) is 19.9 Å². The molecular weight excluding hydrogens is 264 g/mol. The molecule has 2 N–H and O–H groups in total. The molecule has 1 aromatic heterocycles. The predicted molar refractivity (Wildman–Crippen MR) is 81.2 cm³/mol. The number of hydrogen-bond donors (Lipinski definition) is 2. The van der Waals surface area contributed by atoms with Gasteiger partial charge in [-0.1, -0.05) is 13.0 Å². The molecule has 0 saturated heterocycles. The molecule has 3 rings (SSSR count). The van der Waals surface area contributed by atoms with Crippen LogP contribution in [0.5, 0.6) is 5.75 Å². The number of fused-ring (bicyclic) bond motifs is 1. The lowest BCUT2D eigenvalue weighted by molar-refractivity contribution is 0.410. The zero-order valence-corrected chi connectivity index (χ0v) is 13.0. The summed E-state index contributed by atoms with van der Waals surface area (Å²) in [5, 5.41) is 22.0. The van der Waals surface area contributed by atoms with E-state index in [1.165, 1.54) is 11.1 Å². The lowest BCUT2D eigenvalue weighted by Crippen LogP contribution is -2.25.